The van der Waals surface area contributed by atoms with Gasteiger partial charge in [0.15, 0.2) is 0 Å². The molecule has 0 bridgehead atoms. The molecule has 1 heterocycles. The van der Waals surface area contributed by atoms with E-state index in [9.17, 15) is 4.79 Å². The summed E-state index contributed by atoms with van der Waals surface area (Å²) in [7, 11) is 0. The maximum atomic E-state index is 10.7. The van der Waals surface area contributed by atoms with Crippen molar-refractivity contribution >= 4 is 5.97 Å². The predicted molar refractivity (Wildman–Crippen MR) is 32.5 cm³/mol. The number of rotatable bonds is 2. The van der Waals surface area contributed by atoms with E-state index in [2.05, 4.69) is 17.2 Å². The Bertz CT molecular complexity index is 114. The molecule has 1 atom stereocenters. The third kappa shape index (κ3) is 1.42. The van der Waals surface area contributed by atoms with Crippen molar-refractivity contribution < 1.29 is 9.63 Å². The van der Waals surface area contributed by atoms with Crippen LogP contribution in [0.3, 0.4) is 0 Å². The lowest BCUT2D eigenvalue weighted by Gasteiger charge is -1.97. The van der Waals surface area contributed by atoms with E-state index in [-0.39, 0.29) is 11.9 Å². The second-order valence-corrected chi connectivity index (χ2v) is 2.26. The van der Waals surface area contributed by atoms with Crippen LogP contribution in [-0.4, -0.2) is 12.5 Å². The fraction of sp³-hybridized carbons (Fsp3) is 0.833. The van der Waals surface area contributed by atoms with E-state index in [0.717, 1.165) is 12.8 Å². The summed E-state index contributed by atoms with van der Waals surface area (Å²) in [5.41, 5.74) is 2.56. The summed E-state index contributed by atoms with van der Waals surface area (Å²) in [5.74, 6) is 0.00634. The molecule has 1 unspecified atom stereocenters. The third-order valence-corrected chi connectivity index (χ3v) is 1.47. The van der Waals surface area contributed by atoms with Crippen molar-refractivity contribution in [2.45, 2.75) is 19.8 Å². The molecule has 52 valence electrons. The molecule has 3 heteroatoms. The summed E-state index contributed by atoms with van der Waals surface area (Å²) in [6.07, 6.45) is 1.98. The number of hydroxylamine groups is 1. The van der Waals surface area contributed by atoms with Crippen molar-refractivity contribution in [1.29, 1.82) is 0 Å². The van der Waals surface area contributed by atoms with Gasteiger partial charge in [-0.3, -0.25) is 4.79 Å². The van der Waals surface area contributed by atoms with Gasteiger partial charge in [-0.25, -0.2) is 0 Å². The van der Waals surface area contributed by atoms with Gasteiger partial charge in [-0.2, -0.15) is 5.48 Å². The Morgan fingerprint density at radius 3 is 3.11 bits per heavy atom. The third-order valence-electron chi connectivity index (χ3n) is 1.47. The minimum atomic E-state index is -0.100. The molecule has 0 saturated carbocycles. The number of nitrogens with one attached hydrogen (secondary N) is 1. The zero-order valence-corrected chi connectivity index (χ0v) is 5.52. The first kappa shape index (κ1) is 6.55. The van der Waals surface area contributed by atoms with Crippen LogP contribution in [0.15, 0.2) is 0 Å². The molecule has 0 radical (unpaired) electrons. The number of carbonyl (C=O) groups excluding carboxylic acids is 1. The summed E-state index contributed by atoms with van der Waals surface area (Å²) in [4.78, 5) is 15.2. The van der Waals surface area contributed by atoms with Crippen LogP contribution < -0.4 is 5.48 Å². The summed E-state index contributed by atoms with van der Waals surface area (Å²) >= 11 is 0. The zero-order valence-electron chi connectivity index (χ0n) is 5.52. The normalized spacial score (nSPS) is 26.3. The second kappa shape index (κ2) is 2.82. The number of hydrogen-bond donors (Lipinski definition) is 1. The Kier molecular flexibility index (Phi) is 2.05. The van der Waals surface area contributed by atoms with Crippen molar-refractivity contribution in [3.8, 4) is 0 Å². The fourth-order valence-corrected chi connectivity index (χ4v) is 0.948. The molecule has 1 rings (SSSR count). The highest BCUT2D eigenvalue weighted by atomic mass is 16.7. The fourth-order valence-electron chi connectivity index (χ4n) is 0.948. The van der Waals surface area contributed by atoms with E-state index < -0.39 is 0 Å². The van der Waals surface area contributed by atoms with Crippen LogP contribution in [0.4, 0.5) is 0 Å². The molecule has 0 aromatic heterocycles. The lowest BCUT2D eigenvalue weighted by Crippen LogP contribution is -2.09. The van der Waals surface area contributed by atoms with Crippen LogP contribution in [-0.2, 0) is 9.63 Å². The first-order valence-electron chi connectivity index (χ1n) is 3.28. The monoisotopic (exact) mass is 129 g/mol. The van der Waals surface area contributed by atoms with Crippen molar-refractivity contribution in [1.82, 2.24) is 5.48 Å². The van der Waals surface area contributed by atoms with Crippen LogP contribution in [0.2, 0.25) is 0 Å². The van der Waals surface area contributed by atoms with Gasteiger partial charge in [0.25, 0.3) is 0 Å². The second-order valence-electron chi connectivity index (χ2n) is 2.26. The van der Waals surface area contributed by atoms with E-state index in [4.69, 9.17) is 0 Å². The summed E-state index contributed by atoms with van der Waals surface area (Å²) in [6, 6.07) is 0. The van der Waals surface area contributed by atoms with Crippen LogP contribution in [0.25, 0.3) is 0 Å². The first-order chi connectivity index (χ1) is 4.34. The van der Waals surface area contributed by atoms with Crippen molar-refractivity contribution in [2.75, 3.05) is 6.54 Å². The Hall–Kier alpha value is -0.570. The average molecular weight is 129 g/mol. The molecule has 0 amide bonds. The molecule has 0 spiro atoms. The topological polar surface area (TPSA) is 38.3 Å². The lowest BCUT2D eigenvalue weighted by atomic mass is 10.1. The Morgan fingerprint density at radius 1 is 1.89 bits per heavy atom. The molecule has 1 aliphatic heterocycles. The molecular weight excluding hydrogens is 118 g/mol. The van der Waals surface area contributed by atoms with Gasteiger partial charge in [-0.05, 0) is 6.42 Å². The van der Waals surface area contributed by atoms with Gasteiger partial charge in [0.2, 0.25) is 0 Å². The van der Waals surface area contributed by atoms with E-state index in [0.29, 0.717) is 6.54 Å². The largest absolute Gasteiger partial charge is 0.370 e. The number of carbonyl (C=O) groups is 1. The molecule has 0 aromatic rings. The van der Waals surface area contributed by atoms with Crippen LogP contribution in [0.5, 0.6) is 0 Å². The van der Waals surface area contributed by atoms with E-state index >= 15 is 0 Å². The van der Waals surface area contributed by atoms with Crippen LogP contribution in [0.1, 0.15) is 19.8 Å². The lowest BCUT2D eigenvalue weighted by molar-refractivity contribution is -0.145. The number of hydrogen-bond acceptors (Lipinski definition) is 3. The van der Waals surface area contributed by atoms with E-state index in [1.165, 1.54) is 0 Å². The zero-order chi connectivity index (χ0) is 6.69. The smallest absolute Gasteiger partial charge is 0.329 e. The van der Waals surface area contributed by atoms with Crippen LogP contribution >= 0.6 is 0 Å². The molecule has 3 nitrogen and oxygen atoms in total. The minimum absolute atomic E-state index is 0.100. The van der Waals surface area contributed by atoms with Crippen molar-refractivity contribution in [3.05, 3.63) is 0 Å². The highest BCUT2D eigenvalue weighted by Gasteiger charge is 2.24. The predicted octanol–water partition coefficient (Wildman–Crippen LogP) is 0.464. The molecule has 1 saturated heterocycles. The standard InChI is InChI=1S/C6H11NO2/c1-2-3-5-4-7-9-6(5)8/h5,7H,2-4H2,1H3. The molecule has 1 N–H and O–H groups in total. The molecule has 1 aliphatic rings. The Balaban J connectivity index is 2.31. The summed E-state index contributed by atoms with van der Waals surface area (Å²) in [5, 5.41) is 0. The van der Waals surface area contributed by atoms with Gasteiger partial charge in [-0.15, -0.1) is 0 Å². The van der Waals surface area contributed by atoms with Crippen molar-refractivity contribution in [3.63, 3.8) is 0 Å². The van der Waals surface area contributed by atoms with Gasteiger partial charge < -0.3 is 4.84 Å². The summed E-state index contributed by atoms with van der Waals surface area (Å²) in [6.45, 7) is 2.75. The minimum Gasteiger partial charge on any atom is -0.370 e. The highest BCUT2D eigenvalue weighted by Crippen LogP contribution is 2.10. The van der Waals surface area contributed by atoms with Gasteiger partial charge in [0.05, 0.1) is 5.92 Å². The van der Waals surface area contributed by atoms with Crippen LogP contribution in [0, 0.1) is 5.92 Å². The molecule has 0 aromatic carbocycles. The van der Waals surface area contributed by atoms with Gasteiger partial charge in [0, 0.05) is 6.54 Å². The molecular formula is C6H11NO2. The average Bonchev–Trinajstić information content (AvgIpc) is 2.18. The maximum Gasteiger partial charge on any atom is 0.329 e. The Morgan fingerprint density at radius 2 is 2.67 bits per heavy atom. The summed E-state index contributed by atoms with van der Waals surface area (Å²) < 4.78 is 0. The quantitative estimate of drug-likeness (QED) is 0.588. The molecule has 9 heavy (non-hydrogen) atoms. The highest BCUT2D eigenvalue weighted by molar-refractivity contribution is 5.73. The van der Waals surface area contributed by atoms with Gasteiger partial charge >= 0.3 is 5.97 Å². The molecule has 0 aliphatic carbocycles. The maximum absolute atomic E-state index is 10.7. The SMILES string of the molecule is CCCC1CNOC1=O. The van der Waals surface area contributed by atoms with E-state index in [1.807, 2.05) is 0 Å². The molecule has 1 fully saturated rings. The van der Waals surface area contributed by atoms with Gasteiger partial charge in [-0.1, -0.05) is 13.3 Å². The van der Waals surface area contributed by atoms with E-state index in [1.54, 1.807) is 0 Å². The van der Waals surface area contributed by atoms with Crippen molar-refractivity contribution in [2.24, 2.45) is 5.92 Å². The first-order valence-corrected chi connectivity index (χ1v) is 3.28. The Labute approximate surface area is 54.3 Å². The van der Waals surface area contributed by atoms with Gasteiger partial charge in [0.1, 0.15) is 0 Å².